The van der Waals surface area contributed by atoms with E-state index in [4.69, 9.17) is 9.72 Å². The fourth-order valence-electron chi connectivity index (χ4n) is 4.66. The molecule has 0 spiro atoms. The number of carbonyl (C=O) groups is 2. The summed E-state index contributed by atoms with van der Waals surface area (Å²) in [5.74, 6) is 0.951. The van der Waals surface area contributed by atoms with Crippen molar-refractivity contribution in [3.8, 4) is 16.2 Å². The highest BCUT2D eigenvalue weighted by atomic mass is 32.1. The lowest BCUT2D eigenvalue weighted by molar-refractivity contribution is 0.0598. The number of thiazole rings is 1. The standard InChI is InChI=1S/C28H31N3O3S/c1-18-7-5-8-20(15-18)25-24(30-27(35-25)19-12-13-19)28(33)31-14-4-3-10-22(31)17-29-26(32)21-9-6-11-23(16-21)34-2/h5-9,11,15-16,19,22H,3-4,10,12-14,17H2,1-2H3,(H,29,32)/t22-/m0/s1. The Bertz CT molecular complexity index is 1230. The molecule has 1 N–H and O–H groups in total. The van der Waals surface area contributed by atoms with Gasteiger partial charge < -0.3 is 15.0 Å². The van der Waals surface area contributed by atoms with Gasteiger partial charge in [0.15, 0.2) is 0 Å². The minimum atomic E-state index is -0.160. The monoisotopic (exact) mass is 489 g/mol. The van der Waals surface area contributed by atoms with Crippen LogP contribution in [0.25, 0.3) is 10.4 Å². The van der Waals surface area contributed by atoms with Crippen LogP contribution >= 0.6 is 11.3 Å². The maximum Gasteiger partial charge on any atom is 0.274 e. The molecule has 1 aromatic heterocycles. The summed E-state index contributed by atoms with van der Waals surface area (Å²) in [4.78, 5) is 34.4. The number of piperidine rings is 1. The lowest BCUT2D eigenvalue weighted by Crippen LogP contribution is -2.49. The average molecular weight is 490 g/mol. The molecular formula is C28H31N3O3S. The molecule has 2 fully saturated rings. The van der Waals surface area contributed by atoms with Crippen molar-refractivity contribution in [2.45, 2.75) is 51.0 Å². The Morgan fingerprint density at radius 2 is 1.94 bits per heavy atom. The number of hydrogen-bond donors (Lipinski definition) is 1. The second-order valence-corrected chi connectivity index (χ2v) is 10.5. The number of aryl methyl sites for hydroxylation is 1. The summed E-state index contributed by atoms with van der Waals surface area (Å²) >= 11 is 1.66. The molecule has 0 bridgehead atoms. The van der Waals surface area contributed by atoms with Gasteiger partial charge in [0.2, 0.25) is 0 Å². The summed E-state index contributed by atoms with van der Waals surface area (Å²) in [6, 6.07) is 15.4. The van der Waals surface area contributed by atoms with Crippen molar-refractivity contribution in [3.05, 3.63) is 70.4 Å². The maximum atomic E-state index is 13.9. The van der Waals surface area contributed by atoms with E-state index >= 15 is 0 Å². The minimum absolute atomic E-state index is 0.0232. The molecule has 2 aliphatic rings. The molecule has 0 radical (unpaired) electrons. The summed E-state index contributed by atoms with van der Waals surface area (Å²) in [6.07, 6.45) is 5.17. The third kappa shape index (κ3) is 5.25. The van der Waals surface area contributed by atoms with Gasteiger partial charge in [-0.1, -0.05) is 35.9 Å². The van der Waals surface area contributed by atoms with Crippen LogP contribution in [-0.2, 0) is 0 Å². The number of benzene rings is 2. The third-order valence-corrected chi connectivity index (χ3v) is 8.04. The van der Waals surface area contributed by atoms with Crippen molar-refractivity contribution in [2.24, 2.45) is 0 Å². The summed E-state index contributed by atoms with van der Waals surface area (Å²) in [5.41, 5.74) is 3.33. The number of aromatic nitrogens is 1. The van der Waals surface area contributed by atoms with Crippen LogP contribution in [0.15, 0.2) is 48.5 Å². The van der Waals surface area contributed by atoms with E-state index < -0.39 is 0 Å². The second kappa shape index (κ2) is 10.2. The number of ether oxygens (including phenoxy) is 1. The topological polar surface area (TPSA) is 71.5 Å². The van der Waals surface area contributed by atoms with E-state index in [0.717, 1.165) is 47.6 Å². The molecule has 1 atom stereocenters. The maximum absolute atomic E-state index is 13.9. The van der Waals surface area contributed by atoms with Gasteiger partial charge in [0.05, 0.1) is 17.0 Å². The fraction of sp³-hybridized carbons (Fsp3) is 0.393. The number of likely N-dealkylation sites (tertiary alicyclic amines) is 1. The van der Waals surface area contributed by atoms with E-state index in [1.807, 2.05) is 17.0 Å². The number of nitrogens with zero attached hydrogens (tertiary/aromatic N) is 2. The molecule has 3 aromatic rings. The first-order chi connectivity index (χ1) is 17.0. The van der Waals surface area contributed by atoms with Crippen molar-refractivity contribution < 1.29 is 14.3 Å². The van der Waals surface area contributed by atoms with Crippen molar-refractivity contribution in [2.75, 3.05) is 20.2 Å². The largest absolute Gasteiger partial charge is 0.497 e. The Labute approximate surface area is 210 Å². The van der Waals surface area contributed by atoms with Crippen molar-refractivity contribution in [1.82, 2.24) is 15.2 Å². The molecule has 2 heterocycles. The highest BCUT2D eigenvalue weighted by molar-refractivity contribution is 7.15. The molecule has 182 valence electrons. The van der Waals surface area contributed by atoms with Crippen LogP contribution in [0.3, 0.4) is 0 Å². The van der Waals surface area contributed by atoms with E-state index in [2.05, 4.69) is 30.4 Å². The fourth-order valence-corrected chi connectivity index (χ4v) is 5.88. The van der Waals surface area contributed by atoms with Crippen LogP contribution in [0, 0.1) is 6.92 Å². The zero-order valence-electron chi connectivity index (χ0n) is 20.3. The van der Waals surface area contributed by atoms with Gasteiger partial charge >= 0.3 is 0 Å². The smallest absolute Gasteiger partial charge is 0.274 e. The van der Waals surface area contributed by atoms with Gasteiger partial charge in [-0.2, -0.15) is 0 Å². The number of rotatable bonds is 7. The number of hydrogen-bond acceptors (Lipinski definition) is 5. The molecule has 2 aromatic carbocycles. The normalized spacial score (nSPS) is 17.8. The van der Waals surface area contributed by atoms with Gasteiger partial charge in [-0.05, 0) is 62.8 Å². The van der Waals surface area contributed by atoms with E-state index in [1.165, 1.54) is 5.56 Å². The van der Waals surface area contributed by atoms with Gasteiger partial charge in [-0.25, -0.2) is 4.98 Å². The molecular weight excluding hydrogens is 458 g/mol. The molecule has 2 amide bonds. The van der Waals surface area contributed by atoms with Crippen molar-refractivity contribution in [3.63, 3.8) is 0 Å². The molecule has 6 nitrogen and oxygen atoms in total. The van der Waals surface area contributed by atoms with Gasteiger partial charge in [0, 0.05) is 30.6 Å². The van der Waals surface area contributed by atoms with Gasteiger partial charge in [0.1, 0.15) is 11.4 Å². The molecule has 1 aliphatic carbocycles. The van der Waals surface area contributed by atoms with Crippen LogP contribution in [0.5, 0.6) is 5.75 Å². The summed E-state index contributed by atoms with van der Waals surface area (Å²) < 4.78 is 5.24. The molecule has 1 aliphatic heterocycles. The first kappa shape index (κ1) is 23.5. The lowest BCUT2D eigenvalue weighted by Gasteiger charge is -2.35. The molecule has 0 unspecified atom stereocenters. The summed E-state index contributed by atoms with van der Waals surface area (Å²) in [5, 5.41) is 4.11. The van der Waals surface area contributed by atoms with Crippen LogP contribution in [0.2, 0.25) is 0 Å². The van der Waals surface area contributed by atoms with Crippen LogP contribution in [0.1, 0.15) is 69.4 Å². The third-order valence-electron chi connectivity index (χ3n) is 6.77. The Hall–Kier alpha value is -3.19. The lowest BCUT2D eigenvalue weighted by atomic mass is 10.0. The average Bonchev–Trinajstić information content (AvgIpc) is 3.65. The SMILES string of the molecule is COc1cccc(C(=O)NC[C@@H]2CCCCN2C(=O)c2nc(C3CC3)sc2-c2cccc(C)c2)c1. The van der Waals surface area contributed by atoms with E-state index in [0.29, 0.717) is 36.0 Å². The van der Waals surface area contributed by atoms with Crippen LogP contribution in [-0.4, -0.2) is 47.9 Å². The van der Waals surface area contributed by atoms with Crippen molar-refractivity contribution in [1.29, 1.82) is 0 Å². The Morgan fingerprint density at radius 3 is 2.71 bits per heavy atom. The zero-order valence-corrected chi connectivity index (χ0v) is 21.1. The Balaban J connectivity index is 1.36. The molecule has 1 saturated carbocycles. The van der Waals surface area contributed by atoms with E-state index in [1.54, 1.807) is 36.6 Å². The van der Waals surface area contributed by atoms with E-state index in [9.17, 15) is 9.59 Å². The van der Waals surface area contributed by atoms with Gasteiger partial charge in [0.25, 0.3) is 11.8 Å². The van der Waals surface area contributed by atoms with Crippen molar-refractivity contribution >= 4 is 23.2 Å². The molecule has 1 saturated heterocycles. The molecule has 5 rings (SSSR count). The zero-order chi connectivity index (χ0) is 24.4. The highest BCUT2D eigenvalue weighted by Gasteiger charge is 2.34. The number of amides is 2. The minimum Gasteiger partial charge on any atom is -0.497 e. The van der Waals surface area contributed by atoms with Gasteiger partial charge in [-0.15, -0.1) is 11.3 Å². The molecule has 35 heavy (non-hydrogen) atoms. The predicted octanol–water partition coefficient (Wildman–Crippen LogP) is 5.43. The van der Waals surface area contributed by atoms with Crippen LogP contribution < -0.4 is 10.1 Å². The first-order valence-corrected chi connectivity index (χ1v) is 13.2. The number of nitrogens with one attached hydrogen (secondary N) is 1. The van der Waals surface area contributed by atoms with Gasteiger partial charge in [-0.3, -0.25) is 9.59 Å². The Kier molecular flexibility index (Phi) is 6.86. The van der Waals surface area contributed by atoms with Crippen LogP contribution in [0.4, 0.5) is 0 Å². The quantitative estimate of drug-likeness (QED) is 0.480. The predicted molar refractivity (Wildman–Crippen MR) is 138 cm³/mol. The second-order valence-electron chi connectivity index (χ2n) is 9.46. The molecule has 7 heteroatoms. The van der Waals surface area contributed by atoms with E-state index in [-0.39, 0.29) is 17.9 Å². The number of methoxy groups -OCH3 is 1. The summed E-state index contributed by atoms with van der Waals surface area (Å²) in [7, 11) is 1.58. The number of carbonyl (C=O) groups excluding carboxylic acids is 2. The highest BCUT2D eigenvalue weighted by Crippen LogP contribution is 2.45. The first-order valence-electron chi connectivity index (χ1n) is 12.3. The Morgan fingerprint density at radius 1 is 1.11 bits per heavy atom. The summed E-state index contributed by atoms with van der Waals surface area (Å²) in [6.45, 7) is 3.17.